The Morgan fingerprint density at radius 1 is 1.36 bits per heavy atom. The van der Waals surface area contributed by atoms with E-state index in [2.05, 4.69) is 34.3 Å². The van der Waals surface area contributed by atoms with Crippen molar-refractivity contribution < 1.29 is 18.9 Å². The Bertz CT molecular complexity index is 609. The Hall–Kier alpha value is -1.61. The summed E-state index contributed by atoms with van der Waals surface area (Å²) < 4.78 is 5.24. The summed E-state index contributed by atoms with van der Waals surface area (Å²) in [5.41, 5.74) is -0.684. The standard InChI is InChI=1S/C16H27N5O3S/c1-12(2)19-6-8-20(9-7-19)21-10-14(24-18-21)17-15(23)16(4,5)11-25-13(3)22/h10,12H,6-9,11H2,1-5H3/p+1. The molecule has 1 amide bonds. The van der Waals surface area contributed by atoms with Crippen LogP contribution in [0.1, 0.15) is 34.6 Å². The van der Waals surface area contributed by atoms with Crippen molar-refractivity contribution in [3.63, 3.8) is 0 Å². The van der Waals surface area contributed by atoms with Crippen LogP contribution in [0.3, 0.4) is 0 Å². The van der Waals surface area contributed by atoms with E-state index in [-0.39, 0.29) is 11.0 Å². The Kier molecular flexibility index (Phi) is 6.45. The van der Waals surface area contributed by atoms with Gasteiger partial charge in [-0.15, -0.1) is 0 Å². The van der Waals surface area contributed by atoms with E-state index in [1.807, 2.05) is 0 Å². The molecule has 1 N–H and O–H groups in total. The third kappa shape index (κ3) is 5.43. The topological polar surface area (TPSA) is 82.6 Å². The predicted octanol–water partition coefficient (Wildman–Crippen LogP) is 0.869. The first-order valence-electron chi connectivity index (χ1n) is 8.52. The third-order valence-electron chi connectivity index (χ3n) is 4.25. The fourth-order valence-corrected chi connectivity index (χ4v) is 3.18. The lowest BCUT2D eigenvalue weighted by molar-refractivity contribution is -0.759. The lowest BCUT2D eigenvalue weighted by atomic mass is 9.95. The van der Waals surface area contributed by atoms with Gasteiger partial charge in [-0.25, -0.2) is 0 Å². The molecular weight excluding hydrogens is 342 g/mol. The summed E-state index contributed by atoms with van der Waals surface area (Å²) in [7, 11) is 0. The van der Waals surface area contributed by atoms with Gasteiger partial charge < -0.3 is 0 Å². The van der Waals surface area contributed by atoms with Gasteiger partial charge in [0.2, 0.25) is 11.2 Å². The summed E-state index contributed by atoms with van der Waals surface area (Å²) in [4.78, 5) is 27.6. The number of carbonyl (C=O) groups is 2. The molecule has 0 unspecified atom stereocenters. The van der Waals surface area contributed by atoms with Crippen LogP contribution in [0.25, 0.3) is 0 Å². The maximum atomic E-state index is 12.4. The molecule has 0 aromatic carbocycles. The molecule has 0 spiro atoms. The van der Waals surface area contributed by atoms with Crippen LogP contribution >= 0.6 is 11.8 Å². The van der Waals surface area contributed by atoms with Gasteiger partial charge in [0.15, 0.2) is 5.12 Å². The Labute approximate surface area is 152 Å². The molecule has 0 bridgehead atoms. The van der Waals surface area contributed by atoms with Crippen molar-refractivity contribution in [1.29, 1.82) is 0 Å². The molecule has 1 aliphatic rings. The molecule has 1 fully saturated rings. The van der Waals surface area contributed by atoms with E-state index in [1.165, 1.54) is 6.92 Å². The van der Waals surface area contributed by atoms with Gasteiger partial charge in [-0.05, 0) is 13.8 Å². The highest BCUT2D eigenvalue weighted by Gasteiger charge is 2.31. The third-order valence-corrected chi connectivity index (χ3v) is 5.53. The van der Waals surface area contributed by atoms with Crippen LogP contribution in [0.4, 0.5) is 5.88 Å². The molecule has 0 radical (unpaired) electrons. The fraction of sp³-hybridized carbons (Fsp3) is 0.750. The number of carbonyl (C=O) groups excluding carboxylic acids is 2. The molecule has 2 rings (SSSR count). The molecule has 0 saturated carbocycles. The molecule has 1 saturated heterocycles. The van der Waals surface area contributed by atoms with E-state index in [0.717, 1.165) is 37.9 Å². The van der Waals surface area contributed by atoms with Crippen LogP contribution < -0.4 is 15.1 Å². The van der Waals surface area contributed by atoms with Gasteiger partial charge >= 0.3 is 5.88 Å². The second kappa shape index (κ2) is 8.18. The van der Waals surface area contributed by atoms with Crippen LogP contribution in [0, 0.1) is 5.41 Å². The molecule has 8 nitrogen and oxygen atoms in total. The first kappa shape index (κ1) is 19.7. The van der Waals surface area contributed by atoms with E-state index in [1.54, 1.807) is 24.8 Å². The molecule has 9 heteroatoms. The molecule has 0 aliphatic carbocycles. The maximum absolute atomic E-state index is 12.4. The predicted molar refractivity (Wildman–Crippen MR) is 96.9 cm³/mol. The number of rotatable bonds is 6. The second-order valence-corrected chi connectivity index (χ2v) is 8.34. The number of piperazine rings is 1. The van der Waals surface area contributed by atoms with Crippen LogP contribution in [0.2, 0.25) is 0 Å². The van der Waals surface area contributed by atoms with Crippen LogP contribution in [-0.4, -0.2) is 59.2 Å². The van der Waals surface area contributed by atoms with E-state index in [9.17, 15) is 9.59 Å². The average Bonchev–Trinajstić information content (AvgIpc) is 3.01. The van der Waals surface area contributed by atoms with Crippen LogP contribution in [0.5, 0.6) is 0 Å². The number of anilines is 1. The number of nitrogens with one attached hydrogen (secondary N) is 1. The van der Waals surface area contributed by atoms with Crippen LogP contribution in [0.15, 0.2) is 10.7 Å². The zero-order chi connectivity index (χ0) is 18.6. The summed E-state index contributed by atoms with van der Waals surface area (Å²) in [6.45, 7) is 13.1. The molecule has 1 aromatic heterocycles. The van der Waals surface area contributed by atoms with E-state index >= 15 is 0 Å². The van der Waals surface area contributed by atoms with E-state index < -0.39 is 5.41 Å². The molecule has 25 heavy (non-hydrogen) atoms. The second-order valence-electron chi connectivity index (χ2n) is 7.19. The number of nitrogens with zero attached hydrogens (tertiary/aromatic N) is 4. The highest BCUT2D eigenvalue weighted by molar-refractivity contribution is 8.13. The monoisotopic (exact) mass is 370 g/mol. The SMILES string of the molecule is CC(=O)SCC(C)(C)C(=O)Nc1c[n+](N2CCN(C(C)C)CC2)no1. The van der Waals surface area contributed by atoms with Crippen molar-refractivity contribution in [2.45, 2.75) is 40.7 Å². The number of amides is 1. The smallest absolute Gasteiger partial charge is 0.297 e. The van der Waals surface area contributed by atoms with Gasteiger partial charge in [-0.2, -0.15) is 5.01 Å². The van der Waals surface area contributed by atoms with Gasteiger partial charge in [0.25, 0.3) is 6.20 Å². The lowest BCUT2D eigenvalue weighted by Gasteiger charge is -2.32. The normalized spacial score (nSPS) is 16.3. The Balaban J connectivity index is 1.91. The van der Waals surface area contributed by atoms with Gasteiger partial charge in [-0.3, -0.25) is 24.3 Å². The lowest BCUT2D eigenvalue weighted by Crippen LogP contribution is -2.65. The summed E-state index contributed by atoms with van der Waals surface area (Å²) in [5, 5.41) is 8.81. The van der Waals surface area contributed by atoms with Crippen molar-refractivity contribution in [2.75, 3.05) is 42.3 Å². The summed E-state index contributed by atoms with van der Waals surface area (Å²) in [5.74, 6) is 0.519. The van der Waals surface area contributed by atoms with Crippen molar-refractivity contribution >= 4 is 28.7 Å². The highest BCUT2D eigenvalue weighted by Crippen LogP contribution is 2.24. The first-order chi connectivity index (χ1) is 11.7. The molecule has 140 valence electrons. The maximum Gasteiger partial charge on any atom is 0.305 e. The number of hydrogen-bond acceptors (Lipinski definition) is 7. The van der Waals surface area contributed by atoms with Crippen molar-refractivity contribution in [3.05, 3.63) is 6.20 Å². The first-order valence-corrected chi connectivity index (χ1v) is 9.50. The Morgan fingerprint density at radius 3 is 2.56 bits per heavy atom. The van der Waals surface area contributed by atoms with Crippen molar-refractivity contribution in [3.8, 4) is 0 Å². The zero-order valence-corrected chi connectivity index (χ0v) is 16.4. The molecule has 2 heterocycles. The quantitative estimate of drug-likeness (QED) is 0.744. The summed E-state index contributed by atoms with van der Waals surface area (Å²) >= 11 is 1.14. The minimum atomic E-state index is -0.684. The molecule has 1 aliphatic heterocycles. The highest BCUT2D eigenvalue weighted by atomic mass is 32.2. The van der Waals surface area contributed by atoms with Crippen molar-refractivity contribution in [1.82, 2.24) is 10.2 Å². The number of aromatic nitrogens is 2. The molecular formula is C16H28N5O3S+. The van der Waals surface area contributed by atoms with Gasteiger partial charge in [0, 0.05) is 31.8 Å². The largest absolute Gasteiger partial charge is 0.305 e. The average molecular weight is 370 g/mol. The minimum Gasteiger partial charge on any atom is -0.297 e. The van der Waals surface area contributed by atoms with Gasteiger partial charge in [0.05, 0.1) is 23.3 Å². The van der Waals surface area contributed by atoms with Crippen LogP contribution in [-0.2, 0) is 9.59 Å². The van der Waals surface area contributed by atoms with Crippen molar-refractivity contribution in [2.24, 2.45) is 5.41 Å². The molecule has 1 aromatic rings. The van der Waals surface area contributed by atoms with E-state index in [4.69, 9.17) is 4.52 Å². The van der Waals surface area contributed by atoms with E-state index in [0.29, 0.717) is 17.7 Å². The number of thioether (sulfide) groups is 1. The molecule has 0 atom stereocenters. The number of hydrogen-bond donors (Lipinski definition) is 1. The summed E-state index contributed by atoms with van der Waals surface area (Å²) in [6.07, 6.45) is 1.68. The van der Waals surface area contributed by atoms with Gasteiger partial charge in [0.1, 0.15) is 0 Å². The fourth-order valence-electron chi connectivity index (χ4n) is 2.49. The Morgan fingerprint density at radius 2 is 2.00 bits per heavy atom. The zero-order valence-electron chi connectivity index (χ0n) is 15.6. The van der Waals surface area contributed by atoms with Gasteiger partial charge in [-0.1, -0.05) is 25.6 Å². The summed E-state index contributed by atoms with van der Waals surface area (Å²) in [6, 6.07) is 0.536. The minimum absolute atomic E-state index is 0.000998.